The summed E-state index contributed by atoms with van der Waals surface area (Å²) in [7, 11) is 0. The first-order chi connectivity index (χ1) is 13.1. The number of carbonyl (C=O) groups excluding carboxylic acids is 1. The molecule has 1 saturated heterocycles. The molecule has 1 aromatic heterocycles. The normalized spacial score (nSPS) is 20.1. The Balaban J connectivity index is 0.00000136. The largest absolute Gasteiger partial charge is 0.444 e. The second kappa shape index (κ2) is 8.56. The summed E-state index contributed by atoms with van der Waals surface area (Å²) in [6.07, 6.45) is 4.13. The van der Waals surface area contributed by atoms with E-state index in [4.69, 9.17) is 16.3 Å². The van der Waals surface area contributed by atoms with Crippen molar-refractivity contribution in [3.63, 3.8) is 0 Å². The molecule has 0 aromatic carbocycles. The first-order valence-electron chi connectivity index (χ1n) is 10.0. The highest BCUT2D eigenvalue weighted by atomic mass is 35.5. The lowest BCUT2D eigenvalue weighted by Gasteiger charge is -2.57. The molecule has 28 heavy (non-hydrogen) atoms. The van der Waals surface area contributed by atoms with Crippen LogP contribution in [0.3, 0.4) is 0 Å². The summed E-state index contributed by atoms with van der Waals surface area (Å²) in [6.45, 7) is 10.7. The number of ether oxygens (including phenoxy) is 1. The number of hydrogen-bond donors (Lipinski definition) is 2. The van der Waals surface area contributed by atoms with Crippen LogP contribution in [-0.4, -0.2) is 44.9 Å². The van der Waals surface area contributed by atoms with Crippen molar-refractivity contribution < 1.29 is 19.7 Å². The minimum atomic E-state index is -0.987. The van der Waals surface area contributed by atoms with Gasteiger partial charge in [0.15, 0.2) is 0 Å². The number of aliphatic hydroxyl groups is 2. The van der Waals surface area contributed by atoms with Gasteiger partial charge < -0.3 is 19.8 Å². The number of pyridine rings is 1. The second-order valence-electron chi connectivity index (χ2n) is 8.67. The summed E-state index contributed by atoms with van der Waals surface area (Å²) in [4.78, 5) is 17.9. The Morgan fingerprint density at radius 1 is 1.29 bits per heavy atom. The number of likely N-dealkylation sites (tertiary alicyclic amines) is 1. The van der Waals surface area contributed by atoms with Gasteiger partial charge in [0, 0.05) is 24.8 Å². The lowest BCUT2D eigenvalue weighted by atomic mass is 9.53. The van der Waals surface area contributed by atoms with Gasteiger partial charge >= 0.3 is 6.09 Å². The highest BCUT2D eigenvalue weighted by Crippen LogP contribution is 2.59. The number of piperidine rings is 1. The fourth-order valence-electron chi connectivity index (χ4n) is 4.24. The number of amides is 1. The van der Waals surface area contributed by atoms with Crippen LogP contribution in [0.5, 0.6) is 0 Å². The Bertz CT molecular complexity index is 686. The van der Waals surface area contributed by atoms with Gasteiger partial charge in [-0.3, -0.25) is 0 Å². The lowest BCUT2D eigenvalue weighted by molar-refractivity contribution is -0.155. The van der Waals surface area contributed by atoms with Gasteiger partial charge in [-0.1, -0.05) is 25.4 Å². The van der Waals surface area contributed by atoms with Gasteiger partial charge in [-0.2, -0.15) is 0 Å². The van der Waals surface area contributed by atoms with Crippen LogP contribution in [-0.2, 0) is 16.9 Å². The number of rotatable bonds is 2. The van der Waals surface area contributed by atoms with Crippen molar-refractivity contribution in [2.45, 2.75) is 78.1 Å². The molecular formula is C21H33ClN2O4. The standard InChI is InChI=1S/C19H27ClN2O4.C2H6/c1-17(2,3)26-16(24)22-6-4-18(5-7-22)11-19(25,12-18)14-8-15(20)21-9-13(14)10-23;1-2/h8-9,23,25H,4-7,10-12H2,1-3H3;1-2H3. The third-order valence-corrected chi connectivity index (χ3v) is 5.64. The van der Waals surface area contributed by atoms with Crippen LogP contribution >= 0.6 is 11.6 Å². The van der Waals surface area contributed by atoms with Gasteiger partial charge in [-0.15, -0.1) is 0 Å². The molecule has 7 heteroatoms. The average Bonchev–Trinajstić information content (AvgIpc) is 2.61. The predicted octanol–water partition coefficient (Wildman–Crippen LogP) is 4.25. The molecule has 1 spiro atoms. The Morgan fingerprint density at radius 3 is 2.36 bits per heavy atom. The summed E-state index contributed by atoms with van der Waals surface area (Å²) in [5, 5.41) is 20.9. The predicted molar refractivity (Wildman–Crippen MR) is 109 cm³/mol. The van der Waals surface area contributed by atoms with Gasteiger partial charge in [0.05, 0.1) is 12.2 Å². The molecule has 0 atom stereocenters. The number of aliphatic hydroxyl groups excluding tert-OH is 1. The van der Waals surface area contributed by atoms with Gasteiger partial charge in [0.1, 0.15) is 10.8 Å². The molecule has 2 aliphatic rings. The van der Waals surface area contributed by atoms with Crippen LogP contribution in [0.4, 0.5) is 4.79 Å². The Morgan fingerprint density at radius 2 is 1.86 bits per heavy atom. The highest BCUT2D eigenvalue weighted by Gasteiger charge is 2.56. The number of nitrogens with zero attached hydrogens (tertiary/aromatic N) is 2. The average molecular weight is 413 g/mol. The molecule has 1 amide bonds. The quantitative estimate of drug-likeness (QED) is 0.709. The maximum atomic E-state index is 12.2. The lowest BCUT2D eigenvalue weighted by Crippen LogP contribution is -2.55. The zero-order chi connectivity index (χ0) is 21.2. The van der Waals surface area contributed by atoms with E-state index in [1.807, 2.05) is 34.6 Å². The van der Waals surface area contributed by atoms with Crippen LogP contribution in [0.2, 0.25) is 5.15 Å². The third-order valence-electron chi connectivity index (χ3n) is 5.44. The fourth-order valence-corrected chi connectivity index (χ4v) is 4.40. The van der Waals surface area contributed by atoms with Gasteiger partial charge in [-0.25, -0.2) is 9.78 Å². The molecule has 158 valence electrons. The summed E-state index contributed by atoms with van der Waals surface area (Å²) in [5.41, 5.74) is -0.184. The third kappa shape index (κ3) is 4.97. The van der Waals surface area contributed by atoms with Crippen molar-refractivity contribution >= 4 is 17.7 Å². The first-order valence-corrected chi connectivity index (χ1v) is 10.4. The number of hydrogen-bond acceptors (Lipinski definition) is 5. The van der Waals surface area contributed by atoms with Crippen LogP contribution in [0, 0.1) is 5.41 Å². The van der Waals surface area contributed by atoms with Gasteiger partial charge in [0.25, 0.3) is 0 Å². The number of carbonyl (C=O) groups is 1. The molecular weight excluding hydrogens is 380 g/mol. The molecule has 1 aliphatic carbocycles. The van der Waals surface area contributed by atoms with Crippen molar-refractivity contribution in [1.82, 2.24) is 9.88 Å². The maximum Gasteiger partial charge on any atom is 0.410 e. The van der Waals surface area contributed by atoms with Crippen LogP contribution in [0.25, 0.3) is 0 Å². The number of aromatic nitrogens is 1. The summed E-state index contributed by atoms with van der Waals surface area (Å²) in [5.74, 6) is 0. The Kier molecular flexibility index (Phi) is 7.00. The van der Waals surface area contributed by atoms with E-state index >= 15 is 0 Å². The van der Waals surface area contributed by atoms with E-state index in [1.165, 1.54) is 6.20 Å². The van der Waals surface area contributed by atoms with Crippen molar-refractivity contribution in [2.75, 3.05) is 13.1 Å². The van der Waals surface area contributed by atoms with E-state index in [0.29, 0.717) is 42.2 Å². The van der Waals surface area contributed by atoms with E-state index in [1.54, 1.807) is 11.0 Å². The monoisotopic (exact) mass is 412 g/mol. The molecule has 1 aliphatic heterocycles. The molecule has 0 bridgehead atoms. The van der Waals surface area contributed by atoms with E-state index in [-0.39, 0.29) is 18.1 Å². The van der Waals surface area contributed by atoms with Crippen molar-refractivity contribution in [3.8, 4) is 0 Å². The molecule has 0 radical (unpaired) electrons. The molecule has 1 saturated carbocycles. The topological polar surface area (TPSA) is 82.9 Å². The SMILES string of the molecule is CC.CC(C)(C)OC(=O)N1CCC2(CC1)CC(O)(c1cc(Cl)ncc1CO)C2. The zero-order valence-electron chi connectivity index (χ0n) is 17.6. The smallest absolute Gasteiger partial charge is 0.410 e. The minimum absolute atomic E-state index is 0.0235. The van der Waals surface area contributed by atoms with Crippen LogP contribution < -0.4 is 0 Å². The van der Waals surface area contributed by atoms with E-state index in [2.05, 4.69) is 4.98 Å². The van der Waals surface area contributed by atoms with Crippen LogP contribution in [0.1, 0.15) is 71.4 Å². The van der Waals surface area contributed by atoms with Crippen molar-refractivity contribution in [1.29, 1.82) is 0 Å². The molecule has 2 heterocycles. The van der Waals surface area contributed by atoms with Gasteiger partial charge in [-0.05, 0) is 63.5 Å². The first kappa shape index (κ1) is 22.9. The molecule has 2 fully saturated rings. The molecule has 6 nitrogen and oxygen atoms in total. The van der Waals surface area contributed by atoms with Crippen molar-refractivity contribution in [3.05, 3.63) is 28.5 Å². The van der Waals surface area contributed by atoms with Crippen molar-refractivity contribution in [2.24, 2.45) is 5.41 Å². The molecule has 0 unspecified atom stereocenters. The Hall–Kier alpha value is -1.37. The molecule has 1 aromatic rings. The summed E-state index contributed by atoms with van der Waals surface area (Å²) >= 11 is 5.98. The minimum Gasteiger partial charge on any atom is -0.444 e. The number of halogens is 1. The highest BCUT2D eigenvalue weighted by molar-refractivity contribution is 6.29. The van der Waals surface area contributed by atoms with E-state index in [0.717, 1.165) is 12.8 Å². The van der Waals surface area contributed by atoms with Crippen LogP contribution in [0.15, 0.2) is 12.3 Å². The summed E-state index contributed by atoms with van der Waals surface area (Å²) < 4.78 is 5.44. The van der Waals surface area contributed by atoms with Gasteiger partial charge in [0.2, 0.25) is 0 Å². The Labute approximate surface area is 172 Å². The summed E-state index contributed by atoms with van der Waals surface area (Å²) in [6, 6.07) is 1.65. The molecule has 3 rings (SSSR count). The maximum absolute atomic E-state index is 12.2. The van der Waals surface area contributed by atoms with E-state index in [9.17, 15) is 15.0 Å². The molecule has 2 N–H and O–H groups in total. The zero-order valence-corrected chi connectivity index (χ0v) is 18.3. The second-order valence-corrected chi connectivity index (χ2v) is 9.06. The fraction of sp³-hybridized carbons (Fsp3) is 0.714. The van der Waals surface area contributed by atoms with E-state index < -0.39 is 11.2 Å².